The van der Waals surface area contributed by atoms with Gasteiger partial charge in [-0.3, -0.25) is 20.7 Å². The number of H-pyrrole nitrogens is 1. The van der Waals surface area contributed by atoms with Crippen LogP contribution >= 0.6 is 11.6 Å². The fourth-order valence-electron chi connectivity index (χ4n) is 2.14. The van der Waals surface area contributed by atoms with Gasteiger partial charge in [-0.2, -0.15) is 5.10 Å². The molecule has 0 saturated carbocycles. The summed E-state index contributed by atoms with van der Waals surface area (Å²) in [7, 11) is 0. The van der Waals surface area contributed by atoms with E-state index >= 15 is 0 Å². The summed E-state index contributed by atoms with van der Waals surface area (Å²) in [5.74, 6) is 0.164. The molecule has 118 valence electrons. The van der Waals surface area contributed by atoms with Crippen molar-refractivity contribution in [1.82, 2.24) is 25.6 Å². The summed E-state index contributed by atoms with van der Waals surface area (Å²) in [4.78, 5) is 20.3. The first-order chi connectivity index (χ1) is 10.9. The summed E-state index contributed by atoms with van der Waals surface area (Å²) in [5, 5.41) is 7.16. The molecule has 1 aromatic carbocycles. The quantitative estimate of drug-likeness (QED) is 0.642. The van der Waals surface area contributed by atoms with E-state index in [9.17, 15) is 4.79 Å². The number of amides is 1. The first-order valence-electron chi connectivity index (χ1n) is 6.97. The van der Waals surface area contributed by atoms with E-state index in [0.717, 1.165) is 22.2 Å². The van der Waals surface area contributed by atoms with Crippen molar-refractivity contribution in [3.05, 3.63) is 34.5 Å². The summed E-state index contributed by atoms with van der Waals surface area (Å²) in [5.41, 5.74) is 10.0. The monoisotopic (exact) mass is 330 g/mol. The minimum Gasteiger partial charge on any atom is -0.280 e. The van der Waals surface area contributed by atoms with Gasteiger partial charge in [-0.05, 0) is 37.1 Å². The van der Waals surface area contributed by atoms with Crippen LogP contribution in [0, 0.1) is 13.8 Å². The number of rotatable bonds is 3. The number of carbonyl (C=O) groups excluding carboxylic acids is 1. The lowest BCUT2D eigenvalue weighted by Crippen LogP contribution is -2.27. The van der Waals surface area contributed by atoms with Gasteiger partial charge in [0.25, 0.3) is 0 Å². The van der Waals surface area contributed by atoms with Crippen LogP contribution in [-0.2, 0) is 4.79 Å². The van der Waals surface area contributed by atoms with Crippen molar-refractivity contribution < 1.29 is 4.79 Å². The van der Waals surface area contributed by atoms with Crippen LogP contribution in [0.1, 0.15) is 18.1 Å². The first kappa shape index (κ1) is 15.2. The minimum absolute atomic E-state index is 0.238. The largest absolute Gasteiger partial charge is 0.280 e. The van der Waals surface area contributed by atoms with Crippen LogP contribution in [-0.4, -0.2) is 26.1 Å². The maximum absolute atomic E-state index is 11.2. The lowest BCUT2D eigenvalue weighted by atomic mass is 10.1. The van der Waals surface area contributed by atoms with Gasteiger partial charge in [-0.15, -0.1) is 0 Å². The van der Waals surface area contributed by atoms with Crippen molar-refractivity contribution in [3.63, 3.8) is 0 Å². The predicted molar refractivity (Wildman–Crippen MR) is 89.0 cm³/mol. The van der Waals surface area contributed by atoms with Crippen LogP contribution < -0.4 is 10.9 Å². The van der Waals surface area contributed by atoms with E-state index in [0.29, 0.717) is 22.4 Å². The molecule has 0 spiro atoms. The number of hydrogen-bond acceptors (Lipinski definition) is 5. The number of carbonyl (C=O) groups is 1. The molecular weight excluding hydrogens is 316 g/mol. The Hall–Kier alpha value is -2.67. The molecule has 2 aromatic heterocycles. The van der Waals surface area contributed by atoms with Crippen LogP contribution in [0.15, 0.2) is 18.2 Å². The Morgan fingerprint density at radius 2 is 1.78 bits per heavy atom. The van der Waals surface area contributed by atoms with Crippen LogP contribution in [0.25, 0.3) is 22.4 Å². The molecule has 0 aliphatic heterocycles. The van der Waals surface area contributed by atoms with E-state index in [-0.39, 0.29) is 5.91 Å². The Kier molecular flexibility index (Phi) is 3.87. The molecule has 23 heavy (non-hydrogen) atoms. The number of aromatic amines is 1. The lowest BCUT2D eigenvalue weighted by molar-refractivity contribution is -0.118. The third-order valence-electron chi connectivity index (χ3n) is 3.43. The molecule has 3 aromatic rings. The van der Waals surface area contributed by atoms with E-state index in [1.165, 1.54) is 6.92 Å². The SMILES string of the molecule is CC(=O)NNc1nc2cc(C)c(C)cc2nc1-c1cc(Cl)[nH]n1. The number of hydrogen-bond donors (Lipinski definition) is 3. The molecule has 0 saturated heterocycles. The Bertz CT molecular complexity index is 904. The lowest BCUT2D eigenvalue weighted by Gasteiger charge is -2.11. The second-order valence-corrected chi connectivity index (χ2v) is 5.66. The third-order valence-corrected chi connectivity index (χ3v) is 3.62. The minimum atomic E-state index is -0.238. The second kappa shape index (κ2) is 5.85. The molecular formula is C15H15ClN6O. The summed E-state index contributed by atoms with van der Waals surface area (Å²) in [6, 6.07) is 5.58. The van der Waals surface area contributed by atoms with Crippen molar-refractivity contribution in [2.75, 3.05) is 5.43 Å². The zero-order valence-corrected chi connectivity index (χ0v) is 13.6. The first-order valence-corrected chi connectivity index (χ1v) is 7.34. The standard InChI is InChI=1S/C15H15ClN6O/c1-7-4-10-11(5-8(7)2)18-15(22-19-9(3)23)14(17-10)12-6-13(16)21-20-12/h4-6H,1-3H3,(H,18,22)(H,19,23)(H,20,21). The van der Waals surface area contributed by atoms with Gasteiger partial charge in [-0.25, -0.2) is 9.97 Å². The Morgan fingerprint density at radius 3 is 2.35 bits per heavy atom. The number of nitrogens with zero attached hydrogens (tertiary/aromatic N) is 3. The fraction of sp³-hybridized carbons (Fsp3) is 0.200. The van der Waals surface area contributed by atoms with Crippen LogP contribution in [0.3, 0.4) is 0 Å². The number of aryl methyl sites for hydroxylation is 2. The third kappa shape index (κ3) is 3.09. The van der Waals surface area contributed by atoms with Gasteiger partial charge < -0.3 is 0 Å². The molecule has 8 heteroatoms. The van der Waals surface area contributed by atoms with Crippen molar-refractivity contribution in [2.45, 2.75) is 20.8 Å². The molecule has 0 aliphatic carbocycles. The van der Waals surface area contributed by atoms with E-state index in [1.54, 1.807) is 6.07 Å². The van der Waals surface area contributed by atoms with Gasteiger partial charge in [0.15, 0.2) is 5.82 Å². The molecule has 2 heterocycles. The van der Waals surface area contributed by atoms with Gasteiger partial charge in [0.05, 0.1) is 11.0 Å². The van der Waals surface area contributed by atoms with Gasteiger partial charge >= 0.3 is 0 Å². The van der Waals surface area contributed by atoms with E-state index in [4.69, 9.17) is 11.6 Å². The highest BCUT2D eigenvalue weighted by Gasteiger charge is 2.15. The molecule has 0 atom stereocenters. The topological polar surface area (TPSA) is 95.6 Å². The number of nitrogens with one attached hydrogen (secondary N) is 3. The highest BCUT2D eigenvalue weighted by atomic mass is 35.5. The van der Waals surface area contributed by atoms with E-state index in [1.807, 2.05) is 26.0 Å². The van der Waals surface area contributed by atoms with Crippen LogP contribution in [0.2, 0.25) is 5.15 Å². The Balaban J connectivity index is 2.19. The van der Waals surface area contributed by atoms with Crippen molar-refractivity contribution in [2.24, 2.45) is 0 Å². The van der Waals surface area contributed by atoms with Gasteiger partial charge in [0.2, 0.25) is 5.91 Å². The van der Waals surface area contributed by atoms with Gasteiger partial charge in [0, 0.05) is 13.0 Å². The number of aromatic nitrogens is 4. The summed E-state index contributed by atoms with van der Waals surface area (Å²) in [6.45, 7) is 5.43. The average molecular weight is 331 g/mol. The predicted octanol–water partition coefficient (Wildman–Crippen LogP) is 2.75. The highest BCUT2D eigenvalue weighted by Crippen LogP contribution is 2.27. The zero-order chi connectivity index (χ0) is 16.6. The molecule has 0 fully saturated rings. The maximum Gasteiger partial charge on any atom is 0.235 e. The molecule has 0 bridgehead atoms. The van der Waals surface area contributed by atoms with Gasteiger partial charge in [0.1, 0.15) is 16.5 Å². The molecule has 7 nitrogen and oxygen atoms in total. The highest BCUT2D eigenvalue weighted by molar-refractivity contribution is 6.29. The van der Waals surface area contributed by atoms with E-state index in [2.05, 4.69) is 31.0 Å². The van der Waals surface area contributed by atoms with E-state index < -0.39 is 0 Å². The van der Waals surface area contributed by atoms with Crippen LogP contribution in [0.4, 0.5) is 5.82 Å². The van der Waals surface area contributed by atoms with Crippen LogP contribution in [0.5, 0.6) is 0 Å². The molecule has 0 radical (unpaired) electrons. The number of halogens is 1. The molecule has 3 rings (SSSR count). The Morgan fingerprint density at radius 1 is 1.13 bits per heavy atom. The molecule has 0 unspecified atom stereocenters. The van der Waals surface area contributed by atoms with Crippen molar-refractivity contribution >= 4 is 34.4 Å². The number of benzene rings is 1. The summed E-state index contributed by atoms with van der Waals surface area (Å²) in [6.07, 6.45) is 0. The zero-order valence-electron chi connectivity index (χ0n) is 12.9. The summed E-state index contributed by atoms with van der Waals surface area (Å²) < 4.78 is 0. The molecule has 0 aliphatic rings. The fourth-order valence-corrected chi connectivity index (χ4v) is 2.29. The number of anilines is 1. The maximum atomic E-state index is 11.2. The average Bonchev–Trinajstić information content (AvgIpc) is 2.92. The molecule has 1 amide bonds. The normalized spacial score (nSPS) is 10.8. The second-order valence-electron chi connectivity index (χ2n) is 5.25. The smallest absolute Gasteiger partial charge is 0.235 e. The number of hydrazine groups is 1. The number of fused-ring (bicyclic) bond motifs is 1. The van der Waals surface area contributed by atoms with Crippen molar-refractivity contribution in [1.29, 1.82) is 0 Å². The molecule has 3 N–H and O–H groups in total. The van der Waals surface area contributed by atoms with Gasteiger partial charge in [-0.1, -0.05) is 11.6 Å². The van der Waals surface area contributed by atoms with Crippen molar-refractivity contribution in [3.8, 4) is 11.4 Å². The Labute approximate surface area is 137 Å². The summed E-state index contributed by atoms with van der Waals surface area (Å²) >= 11 is 5.90.